The van der Waals surface area contributed by atoms with Crippen molar-refractivity contribution in [1.29, 1.82) is 5.26 Å². The van der Waals surface area contributed by atoms with E-state index in [2.05, 4.69) is 15.5 Å². The maximum atomic E-state index is 14.3. The number of aromatic nitrogens is 3. The van der Waals surface area contributed by atoms with Crippen molar-refractivity contribution >= 4 is 17.0 Å². The van der Waals surface area contributed by atoms with Crippen LogP contribution in [0.5, 0.6) is 5.88 Å². The van der Waals surface area contributed by atoms with E-state index in [4.69, 9.17) is 24.7 Å². The number of imidazole rings is 1. The van der Waals surface area contributed by atoms with Gasteiger partial charge in [-0.05, 0) is 68.1 Å². The highest BCUT2D eigenvalue weighted by atomic mass is 19.1. The van der Waals surface area contributed by atoms with Crippen LogP contribution in [0.25, 0.3) is 11.0 Å². The van der Waals surface area contributed by atoms with Crippen molar-refractivity contribution in [1.82, 2.24) is 19.4 Å². The SMILES string of the molecule is N#Cc1ccc(COc2cccc(C34CCN(Cc5nc6ccc(C(=O)O)cc6n5C[C@@H]5CCO5)C[C@H]3C4)n2)c(F)c1. The fourth-order valence-electron chi connectivity index (χ4n) is 6.39. The summed E-state index contributed by atoms with van der Waals surface area (Å²) in [4.78, 5) is 23.8. The third-order valence-electron chi connectivity index (χ3n) is 8.99. The molecule has 2 aliphatic heterocycles. The van der Waals surface area contributed by atoms with Gasteiger partial charge in [0.05, 0.1) is 53.1 Å². The molecule has 1 aliphatic carbocycles. The Hall–Kier alpha value is -4.33. The van der Waals surface area contributed by atoms with Crippen molar-refractivity contribution in [2.45, 2.75) is 50.5 Å². The van der Waals surface area contributed by atoms with Crippen molar-refractivity contribution in [3.63, 3.8) is 0 Å². The average molecular weight is 568 g/mol. The molecule has 1 saturated carbocycles. The molecular formula is C32H30FN5O4. The Kier molecular flexibility index (Phi) is 6.64. The number of likely N-dealkylation sites (tertiary alicyclic amines) is 1. The minimum absolute atomic E-state index is 0.0197. The third-order valence-corrected chi connectivity index (χ3v) is 8.99. The number of pyridine rings is 1. The molecule has 2 aromatic heterocycles. The van der Waals surface area contributed by atoms with Gasteiger partial charge < -0.3 is 19.1 Å². The van der Waals surface area contributed by atoms with E-state index < -0.39 is 11.8 Å². The van der Waals surface area contributed by atoms with Crippen LogP contribution in [-0.2, 0) is 29.8 Å². The number of piperidine rings is 1. The van der Waals surface area contributed by atoms with Crippen LogP contribution in [0.2, 0.25) is 0 Å². The number of halogens is 1. The van der Waals surface area contributed by atoms with Crippen molar-refractivity contribution < 1.29 is 23.8 Å². The molecule has 0 amide bonds. The number of hydrogen-bond acceptors (Lipinski definition) is 7. The molecule has 0 spiro atoms. The Bertz CT molecular complexity index is 1730. The smallest absolute Gasteiger partial charge is 0.335 e. The summed E-state index contributed by atoms with van der Waals surface area (Å²) in [6.07, 6.45) is 3.14. The van der Waals surface area contributed by atoms with E-state index in [0.29, 0.717) is 30.5 Å². The zero-order chi connectivity index (χ0) is 28.8. The minimum atomic E-state index is -0.948. The maximum absolute atomic E-state index is 14.3. The molecule has 214 valence electrons. The number of fused-ring (bicyclic) bond motifs is 2. The van der Waals surface area contributed by atoms with Gasteiger partial charge in [0.2, 0.25) is 5.88 Å². The van der Waals surface area contributed by atoms with Crippen molar-refractivity contribution in [2.24, 2.45) is 5.92 Å². The Balaban J connectivity index is 1.04. The predicted octanol–water partition coefficient (Wildman–Crippen LogP) is 4.67. The second-order valence-electron chi connectivity index (χ2n) is 11.5. The van der Waals surface area contributed by atoms with Gasteiger partial charge in [-0.2, -0.15) is 5.26 Å². The Morgan fingerprint density at radius 3 is 2.83 bits per heavy atom. The van der Waals surface area contributed by atoms with Crippen LogP contribution >= 0.6 is 0 Å². The molecule has 9 nitrogen and oxygen atoms in total. The Morgan fingerprint density at radius 1 is 1.21 bits per heavy atom. The average Bonchev–Trinajstić information content (AvgIpc) is 3.62. The third kappa shape index (κ3) is 4.89. The highest BCUT2D eigenvalue weighted by Crippen LogP contribution is 2.59. The van der Waals surface area contributed by atoms with Gasteiger partial charge in [-0.3, -0.25) is 4.90 Å². The zero-order valence-corrected chi connectivity index (χ0v) is 23.0. The first-order valence-corrected chi connectivity index (χ1v) is 14.3. The van der Waals surface area contributed by atoms with Gasteiger partial charge in [0.15, 0.2) is 0 Å². The topological polar surface area (TPSA) is 114 Å². The van der Waals surface area contributed by atoms with Crippen molar-refractivity contribution in [2.75, 3.05) is 19.7 Å². The summed E-state index contributed by atoms with van der Waals surface area (Å²) in [5.41, 5.74) is 3.58. The van der Waals surface area contributed by atoms with Crippen molar-refractivity contribution in [3.05, 3.63) is 88.6 Å². The molecule has 3 fully saturated rings. The van der Waals surface area contributed by atoms with E-state index in [1.165, 1.54) is 6.07 Å². The summed E-state index contributed by atoms with van der Waals surface area (Å²) in [5, 5.41) is 18.5. The number of rotatable bonds is 9. The van der Waals surface area contributed by atoms with Gasteiger partial charge in [-0.25, -0.2) is 19.2 Å². The van der Waals surface area contributed by atoms with Crippen LogP contribution in [0, 0.1) is 23.1 Å². The normalized spacial score (nSPS) is 23.1. The molecule has 4 aromatic rings. The van der Waals surface area contributed by atoms with Gasteiger partial charge in [-0.1, -0.05) is 12.1 Å². The number of ether oxygens (including phenoxy) is 2. The number of carboxylic acid groups (broad SMARTS) is 1. The Morgan fingerprint density at radius 2 is 2.10 bits per heavy atom. The summed E-state index contributed by atoms with van der Waals surface area (Å²) in [7, 11) is 0. The van der Waals surface area contributed by atoms with E-state index in [9.17, 15) is 14.3 Å². The van der Waals surface area contributed by atoms with Crippen molar-refractivity contribution in [3.8, 4) is 11.9 Å². The second kappa shape index (κ2) is 10.5. The fourth-order valence-corrected chi connectivity index (χ4v) is 6.39. The number of aromatic carboxylic acids is 1. The molecule has 1 unspecified atom stereocenters. The highest BCUT2D eigenvalue weighted by molar-refractivity contribution is 5.92. The van der Waals surface area contributed by atoms with E-state index in [1.54, 1.807) is 36.4 Å². The van der Waals surface area contributed by atoms with Crippen LogP contribution < -0.4 is 4.74 Å². The molecule has 0 radical (unpaired) electrons. The van der Waals surface area contributed by atoms with Gasteiger partial charge in [0.1, 0.15) is 18.2 Å². The molecule has 3 aliphatic rings. The largest absolute Gasteiger partial charge is 0.478 e. The molecular weight excluding hydrogens is 537 g/mol. The summed E-state index contributed by atoms with van der Waals surface area (Å²) >= 11 is 0. The minimum Gasteiger partial charge on any atom is -0.478 e. The number of nitrogens with zero attached hydrogens (tertiary/aromatic N) is 5. The quantitative estimate of drug-likeness (QED) is 0.310. The lowest BCUT2D eigenvalue weighted by Gasteiger charge is -2.32. The molecule has 0 bridgehead atoms. The molecule has 42 heavy (non-hydrogen) atoms. The second-order valence-corrected chi connectivity index (χ2v) is 11.5. The molecule has 1 N–H and O–H groups in total. The first-order chi connectivity index (χ1) is 20.4. The predicted molar refractivity (Wildman–Crippen MR) is 150 cm³/mol. The van der Waals surface area contributed by atoms with Crippen LogP contribution in [0.3, 0.4) is 0 Å². The molecule has 10 heteroatoms. The molecule has 7 rings (SSSR count). The first kappa shape index (κ1) is 26.6. The number of hydrogen-bond donors (Lipinski definition) is 1. The zero-order valence-electron chi connectivity index (χ0n) is 23.0. The maximum Gasteiger partial charge on any atom is 0.335 e. The lowest BCUT2D eigenvalue weighted by Crippen LogP contribution is -2.37. The highest BCUT2D eigenvalue weighted by Gasteiger charge is 2.58. The summed E-state index contributed by atoms with van der Waals surface area (Å²) in [5.74, 6) is 0.452. The van der Waals surface area contributed by atoms with Gasteiger partial charge in [0, 0.05) is 30.2 Å². The lowest BCUT2D eigenvalue weighted by molar-refractivity contribution is -0.0592. The lowest BCUT2D eigenvalue weighted by atomic mass is 9.91. The number of benzene rings is 2. The van der Waals surface area contributed by atoms with Gasteiger partial charge in [-0.15, -0.1) is 0 Å². The van der Waals surface area contributed by atoms with Crippen LogP contribution in [0.15, 0.2) is 54.6 Å². The van der Waals surface area contributed by atoms with Crippen LogP contribution in [0.4, 0.5) is 4.39 Å². The number of carboxylic acids is 1. The monoisotopic (exact) mass is 567 g/mol. The first-order valence-electron chi connectivity index (χ1n) is 14.3. The van der Waals surface area contributed by atoms with E-state index in [-0.39, 0.29) is 29.3 Å². The summed E-state index contributed by atoms with van der Waals surface area (Å²) in [6.45, 7) is 3.97. The van der Waals surface area contributed by atoms with Gasteiger partial charge in [0.25, 0.3) is 0 Å². The van der Waals surface area contributed by atoms with Crippen LogP contribution in [0.1, 0.15) is 52.3 Å². The van der Waals surface area contributed by atoms with E-state index in [1.807, 2.05) is 12.1 Å². The number of carbonyl (C=O) groups is 1. The number of nitriles is 1. The standard InChI is InChI=1S/C32H30FN5O4/c33-25-12-20(15-34)4-5-22(25)19-42-30-3-1-2-28(36-30)32-9-10-37(16-23(32)14-32)18-29-35-26-7-6-21(31(39)40)13-27(26)38(29)17-24-8-11-41-24/h1-7,12-13,23-24H,8-11,14,16-19H2,(H,39,40)/t23-,24+,32?/m1/s1. The van der Waals surface area contributed by atoms with Crippen LogP contribution in [-0.4, -0.2) is 56.3 Å². The summed E-state index contributed by atoms with van der Waals surface area (Å²) < 4.78 is 28.0. The molecule has 4 heterocycles. The van der Waals surface area contributed by atoms with E-state index >= 15 is 0 Å². The summed E-state index contributed by atoms with van der Waals surface area (Å²) in [6, 6.07) is 17.2. The Labute approximate surface area is 242 Å². The van der Waals surface area contributed by atoms with E-state index in [0.717, 1.165) is 61.5 Å². The molecule has 2 aromatic carbocycles. The fraction of sp³-hybridized carbons (Fsp3) is 0.375. The molecule has 3 atom stereocenters. The van der Waals surface area contributed by atoms with Gasteiger partial charge >= 0.3 is 5.97 Å². The molecule has 2 saturated heterocycles.